The Labute approximate surface area is 84.0 Å². The van der Waals surface area contributed by atoms with Crippen molar-refractivity contribution in [3.63, 3.8) is 0 Å². The lowest BCUT2D eigenvalue weighted by atomic mass is 10.2. The van der Waals surface area contributed by atoms with Crippen molar-refractivity contribution in [1.82, 2.24) is 0 Å². The third-order valence-electron chi connectivity index (χ3n) is 1.95. The van der Waals surface area contributed by atoms with Crippen LogP contribution in [-0.2, 0) is 4.74 Å². The molecule has 0 aliphatic carbocycles. The van der Waals surface area contributed by atoms with Gasteiger partial charge in [0.15, 0.2) is 0 Å². The molecule has 3 heteroatoms. The van der Waals surface area contributed by atoms with Crippen LogP contribution in [0.5, 0.6) is 0 Å². The van der Waals surface area contributed by atoms with E-state index in [-0.39, 0.29) is 0 Å². The Morgan fingerprint density at radius 2 is 2.00 bits per heavy atom. The third kappa shape index (κ3) is 3.58. The molecular weight excluding hydrogens is 188 g/mol. The molecule has 0 aromatic carbocycles. The van der Waals surface area contributed by atoms with Gasteiger partial charge < -0.3 is 4.74 Å². The number of thioether (sulfide) groups is 2. The maximum Gasteiger partial charge on any atom is 0.104 e. The molecule has 1 nitrogen and oxygen atoms in total. The highest BCUT2D eigenvalue weighted by Crippen LogP contribution is 2.30. The van der Waals surface area contributed by atoms with E-state index in [1.54, 1.807) is 0 Å². The summed E-state index contributed by atoms with van der Waals surface area (Å²) in [7, 11) is 0. The van der Waals surface area contributed by atoms with Gasteiger partial charge in [0.2, 0.25) is 0 Å². The third-order valence-corrected chi connectivity index (χ3v) is 4.22. The zero-order chi connectivity index (χ0) is 8.81. The van der Waals surface area contributed by atoms with Crippen LogP contribution in [0.15, 0.2) is 0 Å². The lowest BCUT2D eigenvalue weighted by Gasteiger charge is -2.28. The monoisotopic (exact) mass is 206 g/mol. The molecule has 0 saturated carbocycles. The van der Waals surface area contributed by atoms with E-state index in [2.05, 4.69) is 25.6 Å². The van der Waals surface area contributed by atoms with E-state index in [0.717, 1.165) is 11.9 Å². The first kappa shape index (κ1) is 10.7. The van der Waals surface area contributed by atoms with E-state index >= 15 is 0 Å². The number of hydrogen-bond acceptors (Lipinski definition) is 3. The van der Waals surface area contributed by atoms with Crippen LogP contribution in [0.25, 0.3) is 0 Å². The summed E-state index contributed by atoms with van der Waals surface area (Å²) in [4.78, 5) is 0. The predicted molar refractivity (Wildman–Crippen MR) is 59.0 cm³/mol. The minimum Gasteiger partial charge on any atom is -0.368 e. The highest BCUT2D eigenvalue weighted by molar-refractivity contribution is 8.00. The van der Waals surface area contributed by atoms with Crippen LogP contribution in [0.4, 0.5) is 0 Å². The molecule has 0 amide bonds. The van der Waals surface area contributed by atoms with Crippen LogP contribution in [-0.4, -0.2) is 28.8 Å². The number of hydrogen-bond donors (Lipinski definition) is 0. The zero-order valence-corrected chi connectivity index (χ0v) is 9.55. The van der Waals surface area contributed by atoms with Crippen LogP contribution in [0.2, 0.25) is 0 Å². The molecule has 2 atom stereocenters. The van der Waals surface area contributed by atoms with Crippen LogP contribution in [0.1, 0.15) is 26.7 Å². The molecule has 1 aliphatic rings. The van der Waals surface area contributed by atoms with Gasteiger partial charge in [-0.1, -0.05) is 13.8 Å². The highest BCUT2D eigenvalue weighted by atomic mass is 32.2. The van der Waals surface area contributed by atoms with Gasteiger partial charge in [-0.15, -0.1) is 11.8 Å². The average molecular weight is 206 g/mol. The summed E-state index contributed by atoms with van der Waals surface area (Å²) in [6.07, 6.45) is 2.50. The van der Waals surface area contributed by atoms with Crippen molar-refractivity contribution in [1.29, 1.82) is 0 Å². The van der Waals surface area contributed by atoms with E-state index in [1.807, 2.05) is 11.8 Å². The van der Waals surface area contributed by atoms with Crippen LogP contribution >= 0.6 is 23.5 Å². The molecule has 1 aliphatic heterocycles. The van der Waals surface area contributed by atoms with Gasteiger partial charge in [-0.25, -0.2) is 0 Å². The molecule has 0 radical (unpaired) electrons. The van der Waals surface area contributed by atoms with E-state index in [1.165, 1.54) is 24.3 Å². The first-order chi connectivity index (χ1) is 5.86. The summed E-state index contributed by atoms with van der Waals surface area (Å²) in [5.41, 5.74) is 0.479. The zero-order valence-electron chi connectivity index (χ0n) is 7.91. The Bertz CT molecular complexity index is 103. The second kappa shape index (κ2) is 6.17. The summed E-state index contributed by atoms with van der Waals surface area (Å²) in [5.74, 6) is 2.42. The largest absolute Gasteiger partial charge is 0.368 e. The van der Waals surface area contributed by atoms with Gasteiger partial charge in [0, 0.05) is 11.9 Å². The Kier molecular flexibility index (Phi) is 5.52. The van der Waals surface area contributed by atoms with Crippen molar-refractivity contribution in [2.75, 3.05) is 18.1 Å². The Morgan fingerprint density at radius 3 is 2.67 bits per heavy atom. The van der Waals surface area contributed by atoms with Gasteiger partial charge in [0.05, 0.1) is 0 Å². The summed E-state index contributed by atoms with van der Waals surface area (Å²) in [6.45, 7) is 5.40. The Hall–Kier alpha value is 0.660. The Morgan fingerprint density at radius 1 is 1.25 bits per heavy atom. The van der Waals surface area contributed by atoms with Crippen LogP contribution in [0.3, 0.4) is 0 Å². The van der Waals surface area contributed by atoms with Gasteiger partial charge in [-0.3, -0.25) is 0 Å². The van der Waals surface area contributed by atoms with Gasteiger partial charge in [0.1, 0.15) is 5.44 Å². The molecule has 1 fully saturated rings. The SMILES string of the molecule is CCSC1CCOC(SCC)C1. The minimum absolute atomic E-state index is 0.479. The first-order valence-electron chi connectivity index (χ1n) is 4.71. The number of ether oxygens (including phenoxy) is 1. The van der Waals surface area contributed by atoms with Crippen molar-refractivity contribution in [3.8, 4) is 0 Å². The molecule has 1 heterocycles. The first-order valence-corrected chi connectivity index (χ1v) is 6.81. The van der Waals surface area contributed by atoms with E-state index in [9.17, 15) is 0 Å². The van der Waals surface area contributed by atoms with Crippen LogP contribution in [0, 0.1) is 0 Å². The fourth-order valence-electron chi connectivity index (χ4n) is 1.42. The standard InChI is InChI=1S/C9H18OS2/c1-3-11-8-5-6-10-9(7-8)12-4-2/h8-9H,3-7H2,1-2H3. The second-order valence-corrected chi connectivity index (χ2v) is 5.87. The van der Waals surface area contributed by atoms with Crippen molar-refractivity contribution in [2.45, 2.75) is 37.4 Å². The van der Waals surface area contributed by atoms with Crippen molar-refractivity contribution < 1.29 is 4.74 Å². The number of rotatable bonds is 4. The summed E-state index contributed by atoms with van der Waals surface area (Å²) >= 11 is 4.03. The van der Waals surface area contributed by atoms with Gasteiger partial charge in [-0.05, 0) is 24.3 Å². The molecule has 0 aromatic heterocycles. The smallest absolute Gasteiger partial charge is 0.104 e. The molecule has 2 unspecified atom stereocenters. The van der Waals surface area contributed by atoms with Gasteiger partial charge in [0.25, 0.3) is 0 Å². The molecule has 12 heavy (non-hydrogen) atoms. The molecule has 0 spiro atoms. The quantitative estimate of drug-likeness (QED) is 0.700. The average Bonchev–Trinajstić information content (AvgIpc) is 2.06. The minimum atomic E-state index is 0.479. The lowest BCUT2D eigenvalue weighted by molar-refractivity contribution is 0.0760. The van der Waals surface area contributed by atoms with Crippen molar-refractivity contribution in [2.24, 2.45) is 0 Å². The predicted octanol–water partition coefficient (Wildman–Crippen LogP) is 3.00. The molecular formula is C9H18OS2. The normalized spacial score (nSPS) is 30.5. The van der Waals surface area contributed by atoms with E-state index in [0.29, 0.717) is 5.44 Å². The molecule has 0 N–H and O–H groups in total. The fourth-order valence-corrected chi connectivity index (χ4v) is 3.52. The van der Waals surface area contributed by atoms with Gasteiger partial charge >= 0.3 is 0 Å². The maximum absolute atomic E-state index is 5.64. The van der Waals surface area contributed by atoms with Gasteiger partial charge in [-0.2, -0.15) is 11.8 Å². The molecule has 0 aromatic rings. The maximum atomic E-state index is 5.64. The summed E-state index contributed by atoms with van der Waals surface area (Å²) in [6, 6.07) is 0. The van der Waals surface area contributed by atoms with E-state index in [4.69, 9.17) is 4.74 Å². The Balaban J connectivity index is 2.20. The molecule has 1 saturated heterocycles. The van der Waals surface area contributed by atoms with E-state index < -0.39 is 0 Å². The summed E-state index contributed by atoms with van der Waals surface area (Å²) < 4.78 is 5.64. The van der Waals surface area contributed by atoms with Crippen molar-refractivity contribution in [3.05, 3.63) is 0 Å². The molecule has 1 rings (SSSR count). The molecule has 72 valence electrons. The lowest BCUT2D eigenvalue weighted by Crippen LogP contribution is -2.25. The second-order valence-electron chi connectivity index (χ2n) is 2.86. The highest BCUT2D eigenvalue weighted by Gasteiger charge is 2.21. The summed E-state index contributed by atoms with van der Waals surface area (Å²) in [5, 5.41) is 0.854. The molecule has 0 bridgehead atoms. The van der Waals surface area contributed by atoms with Crippen molar-refractivity contribution >= 4 is 23.5 Å². The van der Waals surface area contributed by atoms with Crippen LogP contribution < -0.4 is 0 Å². The fraction of sp³-hybridized carbons (Fsp3) is 1.00. The topological polar surface area (TPSA) is 9.23 Å².